The van der Waals surface area contributed by atoms with E-state index >= 15 is 0 Å². The van der Waals surface area contributed by atoms with E-state index in [9.17, 15) is 4.79 Å². The Morgan fingerprint density at radius 2 is 1.53 bits per heavy atom. The van der Waals surface area contributed by atoms with Gasteiger partial charge in [0.25, 0.3) is 5.91 Å². The van der Waals surface area contributed by atoms with E-state index in [-0.39, 0.29) is 33.0 Å². The maximum atomic E-state index is 12.7. The second kappa shape index (κ2) is 13.4. The van der Waals surface area contributed by atoms with E-state index in [1.54, 1.807) is 6.21 Å². The van der Waals surface area contributed by atoms with E-state index < -0.39 is 0 Å². The predicted molar refractivity (Wildman–Crippen MR) is 151 cm³/mol. The summed E-state index contributed by atoms with van der Waals surface area (Å²) in [4.78, 5) is 23.7. The third-order valence-electron chi connectivity index (χ3n) is 6.00. The number of carbonyl (C=O) groups excluding carboxylic acids is 1. The first-order chi connectivity index (χ1) is 16.9. The van der Waals surface area contributed by atoms with Crippen molar-refractivity contribution in [3.8, 4) is 0 Å². The second-order valence-corrected chi connectivity index (χ2v) is 9.81. The maximum absolute atomic E-state index is 12.7. The van der Waals surface area contributed by atoms with Gasteiger partial charge in [-0.25, -0.2) is 4.71 Å². The van der Waals surface area contributed by atoms with E-state index in [1.165, 1.54) is 0 Å². The van der Waals surface area contributed by atoms with Crippen LogP contribution in [0.1, 0.15) is 15.9 Å². The molecule has 6 nitrogen and oxygen atoms in total. The smallest absolute Gasteiger partial charge is 0.255 e. The van der Waals surface area contributed by atoms with Crippen LogP contribution in [0.3, 0.4) is 0 Å². The van der Waals surface area contributed by atoms with Crippen molar-refractivity contribution >= 4 is 60.1 Å². The molecular weight excluding hydrogens is 671 g/mol. The van der Waals surface area contributed by atoms with Gasteiger partial charge >= 0.3 is 0 Å². The van der Waals surface area contributed by atoms with Gasteiger partial charge in [-0.05, 0) is 66.2 Å². The van der Waals surface area contributed by atoms with Crippen LogP contribution in [0.2, 0.25) is 0 Å². The van der Waals surface area contributed by atoms with Gasteiger partial charge in [0.15, 0.2) is 0 Å². The normalized spacial score (nSPS) is 14.1. The summed E-state index contributed by atoms with van der Waals surface area (Å²) >= 11 is 10.4. The van der Waals surface area contributed by atoms with Crippen molar-refractivity contribution in [2.45, 2.75) is 4.71 Å². The predicted octanol–water partition coefficient (Wildman–Crippen LogP) is 4.25. The van der Waals surface area contributed by atoms with Crippen LogP contribution in [0.25, 0.3) is 0 Å². The molecule has 36 heavy (non-hydrogen) atoms. The molecule has 193 valence electrons. The number of benzene rings is 3. The summed E-state index contributed by atoms with van der Waals surface area (Å²) < 4.78 is -0.239. The van der Waals surface area contributed by atoms with E-state index in [4.69, 9.17) is 25.3 Å². The molecule has 1 amide bonds. The van der Waals surface area contributed by atoms with Crippen LogP contribution in [0.4, 0.5) is 22.7 Å². The number of nitrogens with one attached hydrogen (secondary N) is 1. The van der Waals surface area contributed by atoms with E-state index in [0.29, 0.717) is 5.56 Å². The van der Waals surface area contributed by atoms with E-state index in [1.807, 2.05) is 91.8 Å². The zero-order valence-corrected chi connectivity index (χ0v) is 24.0. The molecule has 0 atom stereocenters. The molecule has 0 aromatic heterocycles. The third-order valence-corrected chi connectivity index (χ3v) is 6.60. The topological polar surface area (TPSA) is 51.2 Å². The molecular formula is C27H29AuN5OS2-2. The van der Waals surface area contributed by atoms with Crippen LogP contribution in [0.15, 0.2) is 77.8 Å². The maximum Gasteiger partial charge on any atom is 0.255 e. The largest absolute Gasteiger partial charge is 0.800 e. The standard InChI is InChI=1S/C27H31N5OS2.Au/c1-30(2)24-11-7-22(8-12-24)28-19-20-3-5-21(6-4-20)26(33)29-23-9-13-25(14-10-23)31-15-17-32(18-16-31)27(34)35;/h3-14,19,27,34-35H,15-18H2,1-2H3,(H,29,33);/p-2. The summed E-state index contributed by atoms with van der Waals surface area (Å²) in [5, 5.41) is 2.97. The van der Waals surface area contributed by atoms with Crippen molar-refractivity contribution in [2.24, 2.45) is 4.99 Å². The zero-order chi connectivity index (χ0) is 24.8. The van der Waals surface area contributed by atoms with Crippen LogP contribution in [0, 0.1) is 0 Å². The van der Waals surface area contributed by atoms with Crippen molar-refractivity contribution in [3.63, 3.8) is 0 Å². The van der Waals surface area contributed by atoms with E-state index in [0.717, 1.165) is 54.5 Å². The third kappa shape index (κ3) is 7.65. The number of piperazine rings is 1. The Hall–Kier alpha value is -2.20. The molecule has 4 rings (SSSR count). The Morgan fingerprint density at radius 1 is 0.917 bits per heavy atom. The first kappa shape index (κ1) is 28.4. The Labute approximate surface area is 240 Å². The van der Waals surface area contributed by atoms with Gasteiger partial charge in [0, 0.05) is 91.5 Å². The first-order valence-electron chi connectivity index (χ1n) is 11.5. The van der Waals surface area contributed by atoms with Crippen LogP contribution in [-0.2, 0) is 47.6 Å². The fraction of sp³-hybridized carbons (Fsp3) is 0.259. The summed E-state index contributed by atoms with van der Waals surface area (Å²) in [7, 11) is 4.02. The van der Waals surface area contributed by atoms with Gasteiger partial charge in [-0.15, -0.1) is 0 Å². The van der Waals surface area contributed by atoms with Crippen LogP contribution >= 0.6 is 0 Å². The van der Waals surface area contributed by atoms with E-state index in [2.05, 4.69) is 20.1 Å². The number of amides is 1. The van der Waals surface area contributed by atoms with Gasteiger partial charge in [0.05, 0.1) is 5.69 Å². The minimum absolute atomic E-state index is 0. The number of anilines is 3. The van der Waals surface area contributed by atoms with Gasteiger partial charge in [0.2, 0.25) is 0 Å². The molecule has 1 saturated heterocycles. The number of hydrogen-bond donors (Lipinski definition) is 1. The van der Waals surface area contributed by atoms with Crippen LogP contribution in [-0.4, -0.2) is 62.0 Å². The van der Waals surface area contributed by atoms with Crippen molar-refractivity contribution in [1.82, 2.24) is 4.90 Å². The van der Waals surface area contributed by atoms with Crippen molar-refractivity contribution in [1.29, 1.82) is 0 Å². The zero-order valence-electron chi connectivity index (χ0n) is 20.2. The number of carbonyl (C=O) groups is 1. The number of hydrogen-bond acceptors (Lipinski definition) is 7. The van der Waals surface area contributed by atoms with Crippen LogP contribution < -0.4 is 15.1 Å². The molecule has 9 heteroatoms. The molecule has 1 aliphatic heterocycles. The summed E-state index contributed by atoms with van der Waals surface area (Å²) in [6.45, 7) is 3.54. The molecule has 3 aromatic carbocycles. The van der Waals surface area contributed by atoms with Gasteiger partial charge in [-0.2, -0.15) is 0 Å². The molecule has 3 aromatic rings. The summed E-state index contributed by atoms with van der Waals surface area (Å²) in [6, 6.07) is 23.4. The fourth-order valence-corrected chi connectivity index (χ4v) is 4.28. The number of aliphatic imine (C=N–C) groups is 1. The molecule has 0 bridgehead atoms. The minimum Gasteiger partial charge on any atom is -0.800 e. The number of nitrogens with zero attached hydrogens (tertiary/aromatic N) is 4. The summed E-state index contributed by atoms with van der Waals surface area (Å²) in [5.41, 5.74) is 5.44. The molecule has 0 spiro atoms. The van der Waals surface area contributed by atoms with Crippen molar-refractivity contribution in [3.05, 3.63) is 83.9 Å². The monoisotopic (exact) mass is 700 g/mol. The Bertz CT molecular complexity index is 1140. The average molecular weight is 701 g/mol. The Morgan fingerprint density at radius 3 is 2.08 bits per heavy atom. The first-order valence-corrected chi connectivity index (χ1v) is 12.5. The fourth-order valence-electron chi connectivity index (χ4n) is 3.86. The average Bonchev–Trinajstić information content (AvgIpc) is 2.88. The van der Waals surface area contributed by atoms with Gasteiger partial charge < -0.3 is 45.3 Å². The Kier molecular flexibility index (Phi) is 10.5. The molecule has 0 aliphatic carbocycles. The molecule has 0 unspecified atom stereocenters. The van der Waals surface area contributed by atoms with Crippen molar-refractivity contribution < 1.29 is 27.2 Å². The molecule has 1 aliphatic rings. The van der Waals surface area contributed by atoms with Crippen LogP contribution in [0.5, 0.6) is 0 Å². The summed E-state index contributed by atoms with van der Waals surface area (Å²) in [5.74, 6) is -0.143. The summed E-state index contributed by atoms with van der Waals surface area (Å²) in [6.07, 6.45) is 1.80. The molecule has 1 N–H and O–H groups in total. The van der Waals surface area contributed by atoms with Gasteiger partial charge in [0.1, 0.15) is 0 Å². The SMILES string of the molecule is CN(C)c1ccc(N=Cc2ccc(C(=O)Nc3ccc(N4CCN(C([S-])[S-])CC4)cc3)cc2)cc1.[Au]. The van der Waals surface area contributed by atoms with Gasteiger partial charge in [-0.3, -0.25) is 9.79 Å². The molecule has 1 heterocycles. The molecule has 0 saturated carbocycles. The second-order valence-electron chi connectivity index (χ2n) is 8.62. The molecule has 1 radical (unpaired) electrons. The molecule has 1 fully saturated rings. The minimum atomic E-state index is -0.239. The quantitative estimate of drug-likeness (QED) is 0.226. The number of rotatable bonds is 7. The van der Waals surface area contributed by atoms with Gasteiger partial charge in [-0.1, -0.05) is 12.1 Å². The van der Waals surface area contributed by atoms with Crippen molar-refractivity contribution in [2.75, 3.05) is 55.4 Å². The Balaban J connectivity index is 0.00000361.